The number of carbonyl (C=O) groups excluding carboxylic acids is 1. The van der Waals surface area contributed by atoms with Gasteiger partial charge >= 0.3 is 5.97 Å². The molecule has 7 nitrogen and oxygen atoms in total. The number of carboxylic acid groups (broad SMARTS) is 1. The summed E-state index contributed by atoms with van der Waals surface area (Å²) in [5, 5.41) is 12.1. The summed E-state index contributed by atoms with van der Waals surface area (Å²) in [6.07, 6.45) is 0.462. The van der Waals surface area contributed by atoms with E-state index in [-0.39, 0.29) is 12.3 Å². The molecule has 1 amide bonds. The van der Waals surface area contributed by atoms with Crippen molar-refractivity contribution in [3.63, 3.8) is 0 Å². The Kier molecular flexibility index (Phi) is 8.02. The first-order chi connectivity index (χ1) is 18.4. The van der Waals surface area contributed by atoms with Gasteiger partial charge in [0, 0.05) is 49.3 Å². The van der Waals surface area contributed by atoms with Crippen LogP contribution < -0.4 is 5.32 Å². The highest BCUT2D eigenvalue weighted by Crippen LogP contribution is 2.38. The highest BCUT2D eigenvalue weighted by atomic mass is 79.9. The van der Waals surface area contributed by atoms with E-state index < -0.39 is 11.9 Å². The van der Waals surface area contributed by atoms with Crippen LogP contribution in [-0.4, -0.2) is 65.7 Å². The Bertz CT molecular complexity index is 1360. The minimum Gasteiger partial charge on any atom is -0.481 e. The Morgan fingerprint density at radius 1 is 1.03 bits per heavy atom. The molecule has 0 aromatic heterocycles. The second-order valence-corrected chi connectivity index (χ2v) is 10.9. The molecule has 0 aliphatic carbocycles. The first-order valence-corrected chi connectivity index (χ1v) is 13.6. The van der Waals surface area contributed by atoms with Crippen molar-refractivity contribution in [3.8, 4) is 0 Å². The van der Waals surface area contributed by atoms with Gasteiger partial charge in [-0.2, -0.15) is 0 Å². The number of carboxylic acids is 1. The molecule has 2 heterocycles. The topological polar surface area (TPSA) is 85.2 Å². The molecule has 1 saturated heterocycles. The summed E-state index contributed by atoms with van der Waals surface area (Å²) in [6, 6.07) is 21.7. The van der Waals surface area contributed by atoms with Crippen LogP contribution in [-0.2, 0) is 22.6 Å². The minimum absolute atomic E-state index is 0.0471. The van der Waals surface area contributed by atoms with Gasteiger partial charge in [-0.1, -0.05) is 52.3 Å². The number of amides is 1. The van der Waals surface area contributed by atoms with Gasteiger partial charge in [0.25, 0.3) is 0 Å². The molecule has 0 saturated carbocycles. The lowest BCUT2D eigenvalue weighted by Gasteiger charge is -2.32. The number of halogens is 1. The number of likely N-dealkylation sites (N-methyl/N-ethyl adjacent to an activating group) is 1. The van der Waals surface area contributed by atoms with Crippen molar-refractivity contribution >= 4 is 44.9 Å². The number of aliphatic imine (C=N–C) groups is 1. The maximum atomic E-state index is 13.3. The van der Waals surface area contributed by atoms with E-state index in [4.69, 9.17) is 10.1 Å². The fourth-order valence-electron chi connectivity index (χ4n) is 5.02. The van der Waals surface area contributed by atoms with E-state index in [0.29, 0.717) is 12.1 Å². The van der Waals surface area contributed by atoms with Crippen molar-refractivity contribution < 1.29 is 14.7 Å². The number of nitrogens with one attached hydrogen (secondary N) is 1. The molecule has 0 radical (unpaired) electrons. The van der Waals surface area contributed by atoms with Gasteiger partial charge in [0.05, 0.1) is 11.4 Å². The third kappa shape index (κ3) is 6.20. The normalized spacial score (nSPS) is 18.3. The van der Waals surface area contributed by atoms with Crippen LogP contribution in [0.25, 0.3) is 0 Å². The highest BCUT2D eigenvalue weighted by molar-refractivity contribution is 9.10. The quantitative estimate of drug-likeness (QED) is 0.367. The number of hydrogen-bond donors (Lipinski definition) is 2. The van der Waals surface area contributed by atoms with E-state index in [2.05, 4.69) is 50.2 Å². The largest absolute Gasteiger partial charge is 0.481 e. The molecular weight excluding hydrogens is 544 g/mol. The lowest BCUT2D eigenvalue weighted by Crippen LogP contribution is -2.43. The fraction of sp³-hybridized carbons (Fsp3) is 0.300. The maximum absolute atomic E-state index is 13.3. The number of rotatable bonds is 8. The van der Waals surface area contributed by atoms with Gasteiger partial charge in [0.1, 0.15) is 5.92 Å². The molecule has 5 rings (SSSR count). The van der Waals surface area contributed by atoms with Crippen LogP contribution in [0.5, 0.6) is 0 Å². The Labute approximate surface area is 231 Å². The first kappa shape index (κ1) is 26.3. The van der Waals surface area contributed by atoms with E-state index in [1.165, 1.54) is 5.56 Å². The molecule has 8 heteroatoms. The van der Waals surface area contributed by atoms with E-state index in [0.717, 1.165) is 65.3 Å². The van der Waals surface area contributed by atoms with E-state index in [1.54, 1.807) is 0 Å². The zero-order chi connectivity index (χ0) is 26.6. The summed E-state index contributed by atoms with van der Waals surface area (Å²) in [5.74, 6) is -1.53. The standard InChI is InChI=1S/C30H31BrN4O3/c1-34-13-15-35(16-14-34)19-21-5-9-24(10-6-21)32-29(22-4-2-3-20(17-22)7-12-27(36)37)28-25-11-8-23(31)18-26(25)33-30(28)38/h2-6,8-11,17-18,28H,7,12-16,19H2,1H3,(H,33,38)(H,36,37). The molecule has 1 fully saturated rings. The molecular formula is C30H31BrN4O3. The average Bonchev–Trinajstić information content (AvgIpc) is 3.23. The van der Waals surface area contributed by atoms with Crippen LogP contribution in [0, 0.1) is 0 Å². The number of piperazine rings is 1. The summed E-state index contributed by atoms with van der Waals surface area (Å²) in [5.41, 5.74) is 6.01. The van der Waals surface area contributed by atoms with Crippen LogP contribution in [0.1, 0.15) is 34.6 Å². The zero-order valence-electron chi connectivity index (χ0n) is 21.4. The number of hydrogen-bond acceptors (Lipinski definition) is 5. The van der Waals surface area contributed by atoms with E-state index >= 15 is 0 Å². The molecule has 3 aromatic rings. The number of aliphatic carboxylic acids is 1. The molecule has 3 aromatic carbocycles. The van der Waals surface area contributed by atoms with Crippen LogP contribution in [0.3, 0.4) is 0 Å². The average molecular weight is 576 g/mol. The van der Waals surface area contributed by atoms with Gasteiger partial charge in [0.2, 0.25) is 5.91 Å². The first-order valence-electron chi connectivity index (χ1n) is 12.9. The zero-order valence-corrected chi connectivity index (χ0v) is 22.9. The third-order valence-electron chi connectivity index (χ3n) is 7.16. The van der Waals surface area contributed by atoms with Crippen molar-refractivity contribution in [2.75, 3.05) is 38.5 Å². The Balaban J connectivity index is 1.47. The Morgan fingerprint density at radius 3 is 2.53 bits per heavy atom. The maximum Gasteiger partial charge on any atom is 0.303 e. The molecule has 1 unspecified atom stereocenters. The summed E-state index contributed by atoms with van der Waals surface area (Å²) in [6.45, 7) is 5.19. The third-order valence-corrected chi connectivity index (χ3v) is 7.65. The van der Waals surface area contributed by atoms with Gasteiger partial charge in [-0.3, -0.25) is 19.5 Å². The fourth-order valence-corrected chi connectivity index (χ4v) is 5.38. The summed E-state index contributed by atoms with van der Waals surface area (Å²) in [7, 11) is 2.16. The van der Waals surface area contributed by atoms with Crippen molar-refractivity contribution in [1.82, 2.24) is 9.80 Å². The number of anilines is 1. The molecule has 2 aliphatic rings. The predicted molar refractivity (Wildman–Crippen MR) is 153 cm³/mol. The number of benzene rings is 3. The van der Waals surface area contributed by atoms with Crippen LogP contribution in [0.15, 0.2) is 76.2 Å². The number of carbonyl (C=O) groups is 2. The predicted octanol–water partition coefficient (Wildman–Crippen LogP) is 5.07. The van der Waals surface area contributed by atoms with Gasteiger partial charge in [-0.05, 0) is 66.1 Å². The Morgan fingerprint density at radius 2 is 1.79 bits per heavy atom. The van der Waals surface area contributed by atoms with Crippen LogP contribution in [0.2, 0.25) is 0 Å². The summed E-state index contributed by atoms with van der Waals surface area (Å²) in [4.78, 5) is 34.2. The van der Waals surface area contributed by atoms with Crippen molar-refractivity contribution in [2.24, 2.45) is 4.99 Å². The van der Waals surface area contributed by atoms with Crippen LogP contribution in [0.4, 0.5) is 11.4 Å². The monoisotopic (exact) mass is 574 g/mol. The van der Waals surface area contributed by atoms with E-state index in [9.17, 15) is 9.59 Å². The second-order valence-electron chi connectivity index (χ2n) is 9.99. The molecule has 2 N–H and O–H groups in total. The SMILES string of the molecule is CN1CCN(Cc2ccc(N=C(c3cccc(CCC(=O)O)c3)C3C(=O)Nc4cc(Br)ccc43)cc2)CC1. The molecule has 196 valence electrons. The Hall–Kier alpha value is -3.33. The van der Waals surface area contributed by atoms with Gasteiger partial charge in [-0.15, -0.1) is 0 Å². The highest BCUT2D eigenvalue weighted by Gasteiger charge is 2.35. The summed E-state index contributed by atoms with van der Waals surface area (Å²) < 4.78 is 0.891. The lowest BCUT2D eigenvalue weighted by molar-refractivity contribution is -0.137. The number of fused-ring (bicyclic) bond motifs is 1. The van der Waals surface area contributed by atoms with Crippen LogP contribution >= 0.6 is 15.9 Å². The van der Waals surface area contributed by atoms with E-state index in [1.807, 2.05) is 54.6 Å². The van der Waals surface area contributed by atoms with Crippen molar-refractivity contribution in [2.45, 2.75) is 25.3 Å². The van der Waals surface area contributed by atoms with Gasteiger partial charge in [-0.25, -0.2) is 0 Å². The second kappa shape index (κ2) is 11.6. The lowest BCUT2D eigenvalue weighted by atomic mass is 9.89. The number of nitrogens with zero attached hydrogens (tertiary/aromatic N) is 3. The molecule has 1 atom stereocenters. The molecule has 2 aliphatic heterocycles. The van der Waals surface area contributed by atoms with Crippen molar-refractivity contribution in [1.29, 1.82) is 0 Å². The van der Waals surface area contributed by atoms with Crippen molar-refractivity contribution in [3.05, 3.63) is 93.5 Å². The smallest absolute Gasteiger partial charge is 0.303 e. The molecule has 0 spiro atoms. The van der Waals surface area contributed by atoms with Gasteiger partial charge < -0.3 is 15.3 Å². The minimum atomic E-state index is -0.837. The van der Waals surface area contributed by atoms with Gasteiger partial charge in [0.15, 0.2) is 0 Å². The molecule has 38 heavy (non-hydrogen) atoms. The number of aryl methyl sites for hydroxylation is 1. The summed E-state index contributed by atoms with van der Waals surface area (Å²) >= 11 is 3.49. The molecule has 0 bridgehead atoms.